The fraction of sp³-hybridized carbons (Fsp3) is 0.0909. The van der Waals surface area contributed by atoms with E-state index in [-0.39, 0.29) is 23.7 Å². The number of carbonyl (C=O) groups is 1. The molecule has 2 unspecified atom stereocenters. The molecule has 0 fully saturated rings. The molecule has 4 nitrogen and oxygen atoms in total. The summed E-state index contributed by atoms with van der Waals surface area (Å²) in [5.74, 6) is 0.0740. The Morgan fingerprint density at radius 1 is 0.769 bits per heavy atom. The average molecular weight is 342 g/mol. The second-order valence-electron chi connectivity index (χ2n) is 6.27. The Kier molecular flexibility index (Phi) is 4.23. The standard InChI is InChI=1S/C22H18N2O2/c25-18-13-11-17(12-14-18)21-19(15-7-3-1-4-8-15)20(23-22(26)24-21)16-9-5-2-6-10-16/h1-14,19,21,25H,(H,24,26). The first kappa shape index (κ1) is 16.1. The lowest BCUT2D eigenvalue weighted by atomic mass is 9.80. The zero-order chi connectivity index (χ0) is 17.9. The Hall–Kier alpha value is -3.40. The zero-order valence-electron chi connectivity index (χ0n) is 14.0. The van der Waals surface area contributed by atoms with Gasteiger partial charge in [-0.05, 0) is 28.8 Å². The van der Waals surface area contributed by atoms with Gasteiger partial charge in [0.25, 0.3) is 0 Å². The molecule has 4 heteroatoms. The molecule has 0 saturated carbocycles. The fourth-order valence-electron chi connectivity index (χ4n) is 3.41. The minimum absolute atomic E-state index is 0.124. The first-order valence-corrected chi connectivity index (χ1v) is 8.51. The van der Waals surface area contributed by atoms with Crippen LogP contribution in [0.3, 0.4) is 0 Å². The van der Waals surface area contributed by atoms with Gasteiger partial charge in [0.15, 0.2) is 0 Å². The Labute approximate surface area is 151 Å². The Morgan fingerprint density at radius 2 is 1.38 bits per heavy atom. The normalized spacial score (nSPS) is 19.5. The number of carbonyl (C=O) groups excluding carboxylic acids is 1. The lowest BCUT2D eigenvalue weighted by Gasteiger charge is -2.33. The van der Waals surface area contributed by atoms with E-state index in [1.807, 2.05) is 72.8 Å². The number of phenolic OH excluding ortho intramolecular Hbond substituents is 1. The SMILES string of the molecule is O=C1N=C(c2ccccc2)C(c2ccccc2)C(c2ccc(O)cc2)N1. The number of amides is 2. The van der Waals surface area contributed by atoms with Gasteiger partial charge in [-0.1, -0.05) is 72.8 Å². The van der Waals surface area contributed by atoms with Crippen molar-refractivity contribution in [2.24, 2.45) is 4.99 Å². The number of nitrogens with zero attached hydrogens (tertiary/aromatic N) is 1. The van der Waals surface area contributed by atoms with Gasteiger partial charge < -0.3 is 10.4 Å². The number of nitrogens with one attached hydrogen (secondary N) is 1. The maximum atomic E-state index is 12.3. The van der Waals surface area contributed by atoms with Crippen LogP contribution >= 0.6 is 0 Å². The van der Waals surface area contributed by atoms with Gasteiger partial charge in [0.05, 0.1) is 17.7 Å². The van der Waals surface area contributed by atoms with Gasteiger partial charge >= 0.3 is 6.03 Å². The second kappa shape index (κ2) is 6.84. The van der Waals surface area contributed by atoms with E-state index in [4.69, 9.17) is 0 Å². The van der Waals surface area contributed by atoms with Gasteiger partial charge in [-0.2, -0.15) is 4.99 Å². The largest absolute Gasteiger partial charge is 0.508 e. The third-order valence-corrected chi connectivity index (χ3v) is 4.61. The Balaban J connectivity index is 1.87. The summed E-state index contributed by atoms with van der Waals surface area (Å²) in [7, 11) is 0. The lowest BCUT2D eigenvalue weighted by molar-refractivity contribution is 0.243. The summed E-state index contributed by atoms with van der Waals surface area (Å²) in [5.41, 5.74) is 3.68. The maximum absolute atomic E-state index is 12.3. The van der Waals surface area contributed by atoms with Crippen LogP contribution in [0.25, 0.3) is 0 Å². The predicted octanol–water partition coefficient (Wildman–Crippen LogP) is 4.43. The van der Waals surface area contributed by atoms with Crippen molar-refractivity contribution in [3.63, 3.8) is 0 Å². The summed E-state index contributed by atoms with van der Waals surface area (Å²) in [6.07, 6.45) is 0. The first-order chi connectivity index (χ1) is 12.7. The van der Waals surface area contributed by atoms with E-state index < -0.39 is 0 Å². The van der Waals surface area contributed by atoms with Crippen LogP contribution in [0.2, 0.25) is 0 Å². The molecule has 3 aromatic carbocycles. The number of aliphatic imine (C=N–C) groups is 1. The van der Waals surface area contributed by atoms with E-state index in [2.05, 4.69) is 10.3 Å². The van der Waals surface area contributed by atoms with E-state index in [1.54, 1.807) is 12.1 Å². The molecule has 128 valence electrons. The summed E-state index contributed by atoms with van der Waals surface area (Å²) in [6, 6.07) is 26.2. The summed E-state index contributed by atoms with van der Waals surface area (Å²) in [4.78, 5) is 16.6. The number of hydrogen-bond acceptors (Lipinski definition) is 2. The van der Waals surface area contributed by atoms with Crippen LogP contribution < -0.4 is 5.32 Å². The van der Waals surface area contributed by atoms with Crippen LogP contribution in [0, 0.1) is 0 Å². The van der Waals surface area contributed by atoms with Gasteiger partial charge in [-0.25, -0.2) is 4.79 Å². The summed E-state index contributed by atoms with van der Waals surface area (Å²) in [5, 5.41) is 12.6. The van der Waals surface area contributed by atoms with E-state index >= 15 is 0 Å². The van der Waals surface area contributed by atoms with Crippen molar-refractivity contribution in [1.82, 2.24) is 5.32 Å². The van der Waals surface area contributed by atoms with Crippen molar-refractivity contribution >= 4 is 11.7 Å². The number of hydrogen-bond donors (Lipinski definition) is 2. The minimum atomic E-state index is -0.353. The highest BCUT2D eigenvalue weighted by atomic mass is 16.3. The smallest absolute Gasteiger partial charge is 0.341 e. The third kappa shape index (κ3) is 3.09. The van der Waals surface area contributed by atoms with Crippen LogP contribution in [0.1, 0.15) is 28.7 Å². The Morgan fingerprint density at radius 3 is 2.04 bits per heavy atom. The molecule has 2 amide bonds. The number of aromatic hydroxyl groups is 1. The number of rotatable bonds is 3. The highest BCUT2D eigenvalue weighted by Crippen LogP contribution is 2.37. The molecule has 4 rings (SSSR count). The molecule has 1 heterocycles. The lowest BCUT2D eigenvalue weighted by Crippen LogP contribution is -2.39. The molecular formula is C22H18N2O2. The van der Waals surface area contributed by atoms with Crippen LogP contribution in [0.5, 0.6) is 5.75 Å². The quantitative estimate of drug-likeness (QED) is 0.740. The summed E-state index contributed by atoms with van der Waals surface area (Å²) < 4.78 is 0. The minimum Gasteiger partial charge on any atom is -0.508 e. The van der Waals surface area contributed by atoms with Gasteiger partial charge in [0.2, 0.25) is 0 Å². The van der Waals surface area contributed by atoms with Crippen molar-refractivity contribution in [3.05, 3.63) is 102 Å². The second-order valence-corrected chi connectivity index (χ2v) is 6.27. The molecular weight excluding hydrogens is 324 g/mol. The van der Waals surface area contributed by atoms with Crippen molar-refractivity contribution in [2.45, 2.75) is 12.0 Å². The van der Waals surface area contributed by atoms with Crippen LogP contribution in [-0.4, -0.2) is 16.8 Å². The van der Waals surface area contributed by atoms with Crippen LogP contribution in [0.15, 0.2) is 89.9 Å². The van der Waals surface area contributed by atoms with E-state index in [9.17, 15) is 9.90 Å². The number of phenols is 1. The van der Waals surface area contributed by atoms with Crippen molar-refractivity contribution in [3.8, 4) is 5.75 Å². The molecule has 0 saturated heterocycles. The molecule has 1 aliphatic heterocycles. The molecule has 2 atom stereocenters. The average Bonchev–Trinajstić information content (AvgIpc) is 2.69. The fourth-order valence-corrected chi connectivity index (χ4v) is 3.41. The molecule has 0 spiro atoms. The summed E-state index contributed by atoms with van der Waals surface area (Å²) in [6.45, 7) is 0. The molecule has 3 aromatic rings. The Bertz CT molecular complexity index is 935. The van der Waals surface area contributed by atoms with E-state index in [0.29, 0.717) is 0 Å². The van der Waals surface area contributed by atoms with Gasteiger partial charge in [-0.15, -0.1) is 0 Å². The topological polar surface area (TPSA) is 61.7 Å². The van der Waals surface area contributed by atoms with Gasteiger partial charge in [0, 0.05) is 0 Å². The summed E-state index contributed by atoms with van der Waals surface area (Å²) >= 11 is 0. The molecule has 0 radical (unpaired) electrons. The van der Waals surface area contributed by atoms with Crippen LogP contribution in [-0.2, 0) is 0 Å². The molecule has 26 heavy (non-hydrogen) atoms. The number of urea groups is 1. The first-order valence-electron chi connectivity index (χ1n) is 8.51. The van der Waals surface area contributed by atoms with Gasteiger partial charge in [-0.3, -0.25) is 0 Å². The molecule has 2 N–H and O–H groups in total. The molecule has 1 aliphatic rings. The molecule has 0 aromatic heterocycles. The molecule has 0 bridgehead atoms. The van der Waals surface area contributed by atoms with Crippen molar-refractivity contribution in [2.75, 3.05) is 0 Å². The highest BCUT2D eigenvalue weighted by Gasteiger charge is 2.35. The van der Waals surface area contributed by atoms with Crippen molar-refractivity contribution in [1.29, 1.82) is 0 Å². The van der Waals surface area contributed by atoms with Crippen molar-refractivity contribution < 1.29 is 9.90 Å². The van der Waals surface area contributed by atoms with E-state index in [0.717, 1.165) is 22.4 Å². The predicted molar refractivity (Wildman–Crippen MR) is 102 cm³/mol. The van der Waals surface area contributed by atoms with Crippen LogP contribution in [0.4, 0.5) is 4.79 Å². The zero-order valence-corrected chi connectivity index (χ0v) is 14.0. The monoisotopic (exact) mass is 342 g/mol. The molecule has 0 aliphatic carbocycles. The maximum Gasteiger partial charge on any atom is 0.341 e. The van der Waals surface area contributed by atoms with E-state index in [1.165, 1.54) is 0 Å². The van der Waals surface area contributed by atoms with Gasteiger partial charge in [0.1, 0.15) is 5.75 Å². The third-order valence-electron chi connectivity index (χ3n) is 4.61. The number of benzene rings is 3. The highest BCUT2D eigenvalue weighted by molar-refractivity contribution is 6.12.